The predicted octanol–water partition coefficient (Wildman–Crippen LogP) is 1.24. The third kappa shape index (κ3) is 4.56. The molecule has 1 aromatic carbocycles. The predicted molar refractivity (Wildman–Crippen MR) is 77.3 cm³/mol. The first-order valence-electron chi connectivity index (χ1n) is 5.14. The number of rotatable bonds is 3. The topological polar surface area (TPSA) is 84.2 Å². The van der Waals surface area contributed by atoms with Crippen molar-refractivity contribution in [1.29, 1.82) is 0 Å². The molecule has 0 radical (unpaired) electrons. The molecule has 0 saturated carbocycles. The van der Waals surface area contributed by atoms with Crippen LogP contribution in [0.2, 0.25) is 0 Å². The molecule has 1 rings (SSSR count). The molecular weight excluding hydrogens is 337 g/mol. The van der Waals surface area contributed by atoms with E-state index >= 15 is 0 Å². The molecule has 0 aliphatic rings. The molecule has 2 amide bonds. The van der Waals surface area contributed by atoms with E-state index in [1.807, 2.05) is 0 Å². The maximum atomic E-state index is 13.3. The number of halogens is 2. The molecule has 0 fully saturated rings. The number of carbonyl (C=O) groups is 2. The fourth-order valence-corrected chi connectivity index (χ4v) is 1.74. The Labute approximate surface area is 122 Å². The molecule has 0 bridgehead atoms. The fourth-order valence-electron chi connectivity index (χ4n) is 1.21. The second kappa shape index (κ2) is 6.58. The van der Waals surface area contributed by atoms with Gasteiger partial charge in [0.1, 0.15) is 5.82 Å². The van der Waals surface area contributed by atoms with Crippen LogP contribution in [0.25, 0.3) is 0 Å². The highest BCUT2D eigenvalue weighted by molar-refractivity contribution is 9.10. The Kier molecular flexibility index (Phi) is 5.37. The normalized spacial score (nSPS) is 9.84. The summed E-state index contributed by atoms with van der Waals surface area (Å²) < 4.78 is 13.6. The first-order valence-corrected chi connectivity index (χ1v) is 6.34. The highest BCUT2D eigenvalue weighted by atomic mass is 79.9. The van der Waals surface area contributed by atoms with Crippen LogP contribution in [0.5, 0.6) is 0 Å². The first kappa shape index (κ1) is 15.5. The van der Waals surface area contributed by atoms with Crippen molar-refractivity contribution in [1.82, 2.24) is 5.32 Å². The lowest BCUT2D eigenvalue weighted by atomic mass is 10.2. The summed E-state index contributed by atoms with van der Waals surface area (Å²) in [5.41, 5.74) is 6.02. The third-order valence-corrected chi connectivity index (χ3v) is 2.90. The van der Waals surface area contributed by atoms with E-state index in [4.69, 9.17) is 5.73 Å². The van der Waals surface area contributed by atoms with Gasteiger partial charge in [-0.2, -0.15) is 0 Å². The van der Waals surface area contributed by atoms with E-state index in [-0.39, 0.29) is 21.7 Å². The largest absolute Gasteiger partial charge is 0.392 e. The highest BCUT2D eigenvalue weighted by Gasteiger charge is 2.15. The number of hydrogen-bond acceptors (Lipinski definition) is 3. The number of benzene rings is 1. The molecule has 0 spiro atoms. The van der Waals surface area contributed by atoms with Crippen molar-refractivity contribution in [2.24, 2.45) is 5.73 Å². The van der Waals surface area contributed by atoms with Crippen molar-refractivity contribution < 1.29 is 14.0 Å². The van der Waals surface area contributed by atoms with Gasteiger partial charge in [-0.15, -0.1) is 0 Å². The lowest BCUT2D eigenvalue weighted by Crippen LogP contribution is -2.39. The molecular formula is C11H11BrFN3O2S. The number of carbonyl (C=O) groups excluding carboxylic acids is 2. The van der Waals surface area contributed by atoms with Crippen molar-refractivity contribution in [3.8, 4) is 0 Å². The van der Waals surface area contributed by atoms with E-state index in [9.17, 15) is 14.0 Å². The van der Waals surface area contributed by atoms with Crippen molar-refractivity contribution in [3.63, 3.8) is 0 Å². The summed E-state index contributed by atoms with van der Waals surface area (Å²) in [4.78, 5) is 23.0. The molecule has 102 valence electrons. The van der Waals surface area contributed by atoms with Gasteiger partial charge in [0.15, 0.2) is 0 Å². The number of aryl methyl sites for hydroxylation is 1. The van der Waals surface area contributed by atoms with Gasteiger partial charge in [-0.25, -0.2) is 4.39 Å². The number of anilines is 1. The van der Waals surface area contributed by atoms with Gasteiger partial charge in [0.05, 0.1) is 16.0 Å². The molecule has 0 aliphatic carbocycles. The summed E-state index contributed by atoms with van der Waals surface area (Å²) in [6, 6.07) is 2.62. The van der Waals surface area contributed by atoms with Gasteiger partial charge in [0.2, 0.25) is 0 Å². The molecule has 5 nitrogen and oxygen atoms in total. The Morgan fingerprint density at radius 2 is 2.05 bits per heavy atom. The van der Waals surface area contributed by atoms with Gasteiger partial charge in [-0.3, -0.25) is 9.59 Å². The van der Waals surface area contributed by atoms with Crippen LogP contribution in [0.1, 0.15) is 5.56 Å². The van der Waals surface area contributed by atoms with Crippen LogP contribution in [0, 0.1) is 12.7 Å². The van der Waals surface area contributed by atoms with E-state index in [1.165, 1.54) is 6.07 Å². The van der Waals surface area contributed by atoms with E-state index in [1.54, 1.807) is 6.92 Å². The Morgan fingerprint density at radius 3 is 2.63 bits per heavy atom. The zero-order chi connectivity index (χ0) is 14.6. The summed E-state index contributed by atoms with van der Waals surface area (Å²) in [6.07, 6.45) is 0. The summed E-state index contributed by atoms with van der Waals surface area (Å²) >= 11 is 7.58. The van der Waals surface area contributed by atoms with Gasteiger partial charge >= 0.3 is 11.8 Å². The SMILES string of the molecule is Cc1cc(Br)c(F)cc1NC(=O)C(=O)NCC(N)=S. The lowest BCUT2D eigenvalue weighted by Gasteiger charge is -2.09. The second-order valence-corrected chi connectivity index (χ2v) is 5.06. The van der Waals surface area contributed by atoms with Crippen LogP contribution >= 0.6 is 28.1 Å². The Hall–Kier alpha value is -1.54. The van der Waals surface area contributed by atoms with Crippen LogP contribution in [0.4, 0.5) is 10.1 Å². The summed E-state index contributed by atoms with van der Waals surface area (Å²) in [5, 5.41) is 4.53. The quantitative estimate of drug-likeness (QED) is 0.567. The van der Waals surface area contributed by atoms with Gasteiger partial charge < -0.3 is 16.4 Å². The van der Waals surface area contributed by atoms with Crippen LogP contribution in [-0.4, -0.2) is 23.3 Å². The summed E-state index contributed by atoms with van der Waals surface area (Å²) in [5.74, 6) is -2.35. The van der Waals surface area contributed by atoms with Crippen molar-refractivity contribution in [3.05, 3.63) is 28.0 Å². The molecule has 0 heterocycles. The second-order valence-electron chi connectivity index (χ2n) is 3.68. The number of hydrogen-bond donors (Lipinski definition) is 3. The average molecular weight is 348 g/mol. The first-order chi connectivity index (χ1) is 8.81. The zero-order valence-corrected chi connectivity index (χ0v) is 12.3. The van der Waals surface area contributed by atoms with Gasteiger partial charge in [-0.1, -0.05) is 12.2 Å². The number of thiocarbonyl (C=S) groups is 1. The monoisotopic (exact) mass is 347 g/mol. The smallest absolute Gasteiger partial charge is 0.313 e. The van der Waals surface area contributed by atoms with Crippen LogP contribution in [0.3, 0.4) is 0 Å². The number of amides is 2. The minimum absolute atomic E-state index is 0.0621. The highest BCUT2D eigenvalue weighted by Crippen LogP contribution is 2.23. The third-order valence-electron chi connectivity index (χ3n) is 2.14. The van der Waals surface area contributed by atoms with Crippen LogP contribution in [-0.2, 0) is 9.59 Å². The molecule has 0 aromatic heterocycles. The minimum Gasteiger partial charge on any atom is -0.392 e. The van der Waals surface area contributed by atoms with Gasteiger partial charge in [0, 0.05) is 5.69 Å². The van der Waals surface area contributed by atoms with E-state index in [0.717, 1.165) is 6.07 Å². The van der Waals surface area contributed by atoms with Crippen molar-refractivity contribution in [2.45, 2.75) is 6.92 Å². The molecule has 0 saturated heterocycles. The Bertz CT molecular complexity index is 551. The summed E-state index contributed by atoms with van der Waals surface area (Å²) in [7, 11) is 0. The molecule has 4 N–H and O–H groups in total. The molecule has 0 aliphatic heterocycles. The standard InChI is InChI=1S/C11H11BrFN3O2S/c1-5-2-6(12)7(13)3-8(5)16-11(18)10(17)15-4-9(14)19/h2-3H,4H2,1H3,(H2,14,19)(H,15,17)(H,16,18). The maximum Gasteiger partial charge on any atom is 0.313 e. The van der Waals surface area contributed by atoms with E-state index < -0.39 is 17.6 Å². The van der Waals surface area contributed by atoms with Crippen LogP contribution in [0.15, 0.2) is 16.6 Å². The van der Waals surface area contributed by atoms with Crippen molar-refractivity contribution in [2.75, 3.05) is 11.9 Å². The zero-order valence-electron chi connectivity index (χ0n) is 9.92. The Balaban J connectivity index is 2.74. The molecule has 0 atom stereocenters. The summed E-state index contributed by atoms with van der Waals surface area (Å²) in [6.45, 7) is 1.60. The minimum atomic E-state index is -0.916. The molecule has 8 heteroatoms. The van der Waals surface area contributed by atoms with Gasteiger partial charge in [0.25, 0.3) is 0 Å². The molecule has 0 unspecified atom stereocenters. The van der Waals surface area contributed by atoms with E-state index in [2.05, 4.69) is 38.8 Å². The van der Waals surface area contributed by atoms with Gasteiger partial charge in [-0.05, 0) is 40.5 Å². The number of nitrogens with one attached hydrogen (secondary N) is 2. The Morgan fingerprint density at radius 1 is 1.42 bits per heavy atom. The van der Waals surface area contributed by atoms with E-state index in [0.29, 0.717) is 5.56 Å². The maximum absolute atomic E-state index is 13.3. The molecule has 19 heavy (non-hydrogen) atoms. The lowest BCUT2D eigenvalue weighted by molar-refractivity contribution is -0.135. The fraction of sp³-hybridized carbons (Fsp3) is 0.182. The molecule has 1 aromatic rings. The van der Waals surface area contributed by atoms with Crippen molar-refractivity contribution >= 4 is 50.6 Å². The average Bonchev–Trinajstić information content (AvgIpc) is 2.32. The number of nitrogens with two attached hydrogens (primary N) is 1. The van der Waals surface area contributed by atoms with Crippen LogP contribution < -0.4 is 16.4 Å².